The highest BCUT2D eigenvalue weighted by atomic mass is 79.9. The second kappa shape index (κ2) is 7.09. The highest BCUT2D eigenvalue weighted by molar-refractivity contribution is 9.10. The molecule has 5 nitrogen and oxygen atoms in total. The molecule has 1 aliphatic rings. The van der Waals surface area contributed by atoms with Gasteiger partial charge in [-0.2, -0.15) is 4.31 Å². The molecule has 0 bridgehead atoms. The topological polar surface area (TPSA) is 51.0 Å². The summed E-state index contributed by atoms with van der Waals surface area (Å²) in [7, 11) is -1.39. The zero-order valence-electron chi connectivity index (χ0n) is 12.4. The molecule has 0 unspecified atom stereocenters. The largest absolute Gasteiger partial charge is 0.496 e. The van der Waals surface area contributed by atoms with E-state index in [0.717, 1.165) is 29.9 Å². The summed E-state index contributed by atoms with van der Waals surface area (Å²) in [4.78, 5) is 1.41. The van der Waals surface area contributed by atoms with Crippen LogP contribution in [0.5, 0.6) is 5.75 Å². The fourth-order valence-electron chi connectivity index (χ4n) is 2.55. The van der Waals surface area contributed by atoms with Gasteiger partial charge in [0.1, 0.15) is 12.3 Å². The van der Waals surface area contributed by atoms with Crippen molar-refractivity contribution in [2.75, 3.05) is 39.0 Å². The molecule has 0 atom stereocenters. The van der Waals surface area contributed by atoms with Crippen molar-refractivity contribution in [3.63, 3.8) is 0 Å². The first-order chi connectivity index (χ1) is 9.96. The third-order valence-electron chi connectivity index (χ3n) is 3.86. The van der Waals surface area contributed by atoms with Gasteiger partial charge in [0.2, 0.25) is 10.0 Å². The molecule has 21 heavy (non-hydrogen) atoms. The first-order valence-electron chi connectivity index (χ1n) is 7.10. The monoisotopic (exact) mass is 377 g/mol. The van der Waals surface area contributed by atoms with E-state index in [0.29, 0.717) is 13.1 Å². The van der Waals surface area contributed by atoms with Gasteiger partial charge in [0, 0.05) is 5.56 Å². The SMILES string of the molecule is CCS(=O)(=O)N1CC[NH+](Cc2ccc(OC)c(Br)c2)CC1. The van der Waals surface area contributed by atoms with Crippen LogP contribution >= 0.6 is 15.9 Å². The quantitative estimate of drug-likeness (QED) is 0.813. The molecule has 0 aliphatic carbocycles. The average molecular weight is 378 g/mol. The van der Waals surface area contributed by atoms with Gasteiger partial charge in [-0.25, -0.2) is 8.42 Å². The molecule has 1 heterocycles. The Morgan fingerprint density at radius 1 is 1.33 bits per heavy atom. The standard InChI is InChI=1S/C14H21BrN2O3S/c1-3-21(18,19)17-8-6-16(7-9-17)11-12-4-5-14(20-2)13(15)10-12/h4-5,10H,3,6-9,11H2,1-2H3/p+1. The molecule has 1 fully saturated rings. The van der Waals surface area contributed by atoms with E-state index in [1.54, 1.807) is 18.3 Å². The van der Waals surface area contributed by atoms with Crippen molar-refractivity contribution >= 4 is 26.0 Å². The number of halogens is 1. The Bertz CT molecular complexity index is 584. The van der Waals surface area contributed by atoms with Crippen molar-refractivity contribution < 1.29 is 18.1 Å². The molecule has 1 aromatic rings. The summed E-state index contributed by atoms with van der Waals surface area (Å²) in [6.45, 7) is 5.53. The first kappa shape index (κ1) is 16.7. The van der Waals surface area contributed by atoms with Crippen LogP contribution in [0.15, 0.2) is 22.7 Å². The molecule has 7 heteroatoms. The van der Waals surface area contributed by atoms with E-state index in [4.69, 9.17) is 4.74 Å². The summed E-state index contributed by atoms with van der Waals surface area (Å²) in [5.74, 6) is 1.01. The zero-order chi connectivity index (χ0) is 15.5. The lowest BCUT2D eigenvalue weighted by atomic mass is 10.2. The van der Waals surface area contributed by atoms with Crippen LogP contribution in [-0.4, -0.2) is 51.8 Å². The summed E-state index contributed by atoms with van der Waals surface area (Å²) in [5.41, 5.74) is 1.23. The number of rotatable bonds is 5. The van der Waals surface area contributed by atoms with Crippen LogP contribution in [0.2, 0.25) is 0 Å². The number of nitrogens with zero attached hydrogens (tertiary/aromatic N) is 1. The second-order valence-corrected chi connectivity index (χ2v) is 8.31. The number of ether oxygens (including phenoxy) is 1. The molecular weight excluding hydrogens is 356 g/mol. The van der Waals surface area contributed by atoms with Crippen LogP contribution in [0.25, 0.3) is 0 Å². The Kier molecular flexibility index (Phi) is 5.65. The number of nitrogens with one attached hydrogen (secondary N) is 1. The predicted octanol–water partition coefficient (Wildman–Crippen LogP) is 0.508. The maximum absolute atomic E-state index is 11.8. The Hall–Kier alpha value is -0.630. The number of hydrogen-bond acceptors (Lipinski definition) is 3. The Balaban J connectivity index is 1.93. The Morgan fingerprint density at radius 2 is 2.00 bits per heavy atom. The van der Waals surface area contributed by atoms with E-state index >= 15 is 0 Å². The summed E-state index contributed by atoms with van der Waals surface area (Å²) in [5, 5.41) is 0. The van der Waals surface area contributed by atoms with Crippen molar-refractivity contribution in [2.24, 2.45) is 0 Å². The van der Waals surface area contributed by atoms with E-state index in [2.05, 4.69) is 28.1 Å². The smallest absolute Gasteiger partial charge is 0.214 e. The minimum Gasteiger partial charge on any atom is -0.496 e. The predicted molar refractivity (Wildman–Crippen MR) is 86.1 cm³/mol. The molecule has 118 valence electrons. The molecule has 2 rings (SSSR count). The highest BCUT2D eigenvalue weighted by Gasteiger charge is 2.27. The van der Waals surface area contributed by atoms with E-state index in [1.807, 2.05) is 6.07 Å². The van der Waals surface area contributed by atoms with Gasteiger partial charge in [-0.05, 0) is 41.1 Å². The van der Waals surface area contributed by atoms with Crippen molar-refractivity contribution in [1.29, 1.82) is 0 Å². The lowest BCUT2D eigenvalue weighted by Crippen LogP contribution is -3.13. The minimum atomic E-state index is -3.04. The van der Waals surface area contributed by atoms with Crippen LogP contribution < -0.4 is 9.64 Å². The van der Waals surface area contributed by atoms with Gasteiger partial charge in [0.25, 0.3) is 0 Å². The molecule has 1 aromatic carbocycles. The zero-order valence-corrected chi connectivity index (χ0v) is 14.8. The van der Waals surface area contributed by atoms with E-state index < -0.39 is 10.0 Å². The average Bonchev–Trinajstić information content (AvgIpc) is 2.48. The molecule has 0 spiro atoms. The fraction of sp³-hybridized carbons (Fsp3) is 0.571. The maximum atomic E-state index is 11.8. The van der Waals surface area contributed by atoms with Crippen LogP contribution in [0.1, 0.15) is 12.5 Å². The number of sulfonamides is 1. The van der Waals surface area contributed by atoms with Gasteiger partial charge in [0.05, 0.1) is 43.5 Å². The third-order valence-corrected chi connectivity index (χ3v) is 6.36. The van der Waals surface area contributed by atoms with Crippen molar-refractivity contribution in [2.45, 2.75) is 13.5 Å². The van der Waals surface area contributed by atoms with Crippen molar-refractivity contribution in [1.82, 2.24) is 4.31 Å². The number of hydrogen-bond donors (Lipinski definition) is 1. The van der Waals surface area contributed by atoms with Gasteiger partial charge >= 0.3 is 0 Å². The molecule has 1 aliphatic heterocycles. The van der Waals surface area contributed by atoms with Crippen LogP contribution in [0.3, 0.4) is 0 Å². The van der Waals surface area contributed by atoms with Gasteiger partial charge in [-0.15, -0.1) is 0 Å². The van der Waals surface area contributed by atoms with E-state index in [-0.39, 0.29) is 5.75 Å². The molecule has 1 saturated heterocycles. The molecule has 0 radical (unpaired) electrons. The van der Waals surface area contributed by atoms with E-state index in [1.165, 1.54) is 10.5 Å². The molecule has 0 amide bonds. The maximum Gasteiger partial charge on any atom is 0.214 e. The number of benzene rings is 1. The first-order valence-corrected chi connectivity index (χ1v) is 9.50. The number of quaternary nitrogens is 1. The summed E-state index contributed by atoms with van der Waals surface area (Å²) < 4.78 is 31.5. The second-order valence-electron chi connectivity index (χ2n) is 5.20. The van der Waals surface area contributed by atoms with Crippen LogP contribution in [0.4, 0.5) is 0 Å². The number of piperazine rings is 1. The number of methoxy groups -OCH3 is 1. The minimum absolute atomic E-state index is 0.188. The fourth-order valence-corrected chi connectivity index (χ4v) is 4.24. The van der Waals surface area contributed by atoms with Gasteiger partial charge < -0.3 is 9.64 Å². The van der Waals surface area contributed by atoms with E-state index in [9.17, 15) is 8.42 Å². The molecule has 0 aromatic heterocycles. The Morgan fingerprint density at radius 3 is 2.52 bits per heavy atom. The third kappa shape index (κ3) is 4.18. The summed E-state index contributed by atoms with van der Waals surface area (Å²) in [6, 6.07) is 6.09. The molecule has 0 saturated carbocycles. The van der Waals surface area contributed by atoms with Gasteiger partial charge in [0.15, 0.2) is 0 Å². The van der Waals surface area contributed by atoms with Gasteiger partial charge in [-0.1, -0.05) is 0 Å². The summed E-state index contributed by atoms with van der Waals surface area (Å²) in [6.07, 6.45) is 0. The van der Waals surface area contributed by atoms with Gasteiger partial charge in [-0.3, -0.25) is 0 Å². The summed E-state index contributed by atoms with van der Waals surface area (Å²) >= 11 is 3.50. The van der Waals surface area contributed by atoms with Crippen molar-refractivity contribution in [3.8, 4) is 5.75 Å². The normalized spacial score (nSPS) is 17.9. The lowest BCUT2D eigenvalue weighted by Gasteiger charge is -2.31. The highest BCUT2D eigenvalue weighted by Crippen LogP contribution is 2.25. The van der Waals surface area contributed by atoms with Crippen LogP contribution in [-0.2, 0) is 16.6 Å². The lowest BCUT2D eigenvalue weighted by molar-refractivity contribution is -0.917. The molecular formula is C14H22BrN2O3S+. The van der Waals surface area contributed by atoms with Crippen LogP contribution in [0, 0.1) is 0 Å². The van der Waals surface area contributed by atoms with Crippen molar-refractivity contribution in [3.05, 3.63) is 28.2 Å². The Labute approximate surface area is 135 Å². The molecule has 1 N–H and O–H groups in total.